The Morgan fingerprint density at radius 2 is 1.89 bits per heavy atom. The molecule has 7 heteroatoms. The number of fused-ring (bicyclic) bond motifs is 1. The maximum atomic E-state index is 13.0. The van der Waals surface area contributed by atoms with Gasteiger partial charge in [-0.2, -0.15) is 5.10 Å². The van der Waals surface area contributed by atoms with Gasteiger partial charge in [-0.25, -0.2) is 9.48 Å². The molecule has 4 rings (SSSR count). The molecule has 3 heterocycles. The predicted octanol–water partition coefficient (Wildman–Crippen LogP) is 2.44. The molecule has 0 spiro atoms. The zero-order valence-electron chi connectivity index (χ0n) is 16.3. The maximum Gasteiger partial charge on any atom is 0.339 e. The molecule has 1 aromatic heterocycles. The zero-order chi connectivity index (χ0) is 19.8. The van der Waals surface area contributed by atoms with Crippen molar-refractivity contribution in [1.29, 1.82) is 0 Å². The summed E-state index contributed by atoms with van der Waals surface area (Å²) in [5.41, 5.74) is 2.15. The number of benzene rings is 1. The van der Waals surface area contributed by atoms with Gasteiger partial charge < -0.3 is 14.9 Å². The highest BCUT2D eigenvalue weighted by molar-refractivity contribution is 5.94. The monoisotopic (exact) mass is 382 g/mol. The number of hydrogen-bond acceptors (Lipinski definition) is 4. The van der Waals surface area contributed by atoms with Crippen LogP contribution < -0.4 is 0 Å². The molecular weight excluding hydrogens is 356 g/mol. The third-order valence-electron chi connectivity index (χ3n) is 6.23. The van der Waals surface area contributed by atoms with E-state index in [4.69, 9.17) is 0 Å². The van der Waals surface area contributed by atoms with Crippen LogP contribution in [0.5, 0.6) is 0 Å². The summed E-state index contributed by atoms with van der Waals surface area (Å²) < 4.78 is 1.58. The Morgan fingerprint density at radius 3 is 2.57 bits per heavy atom. The Bertz CT molecular complexity index is 890. The van der Waals surface area contributed by atoms with Gasteiger partial charge in [0.1, 0.15) is 5.56 Å². The van der Waals surface area contributed by atoms with Gasteiger partial charge in [0.15, 0.2) is 0 Å². The van der Waals surface area contributed by atoms with Crippen LogP contribution in [-0.4, -0.2) is 69.3 Å². The minimum atomic E-state index is -0.993. The summed E-state index contributed by atoms with van der Waals surface area (Å²) in [7, 11) is 2.19. The van der Waals surface area contributed by atoms with Crippen LogP contribution in [0, 0.1) is 12.8 Å². The molecule has 2 aliphatic heterocycles. The second-order valence-electron chi connectivity index (χ2n) is 7.90. The fourth-order valence-corrected chi connectivity index (χ4v) is 4.64. The van der Waals surface area contributed by atoms with Crippen LogP contribution >= 0.6 is 0 Å². The van der Waals surface area contributed by atoms with Gasteiger partial charge in [0.05, 0.1) is 17.6 Å². The van der Waals surface area contributed by atoms with Crippen LogP contribution in [-0.2, 0) is 0 Å². The third kappa shape index (κ3) is 3.30. The number of aromatic carboxylic acids is 1. The van der Waals surface area contributed by atoms with E-state index in [1.54, 1.807) is 23.7 Å². The van der Waals surface area contributed by atoms with Gasteiger partial charge >= 0.3 is 5.97 Å². The van der Waals surface area contributed by atoms with Crippen molar-refractivity contribution in [2.75, 3.05) is 26.7 Å². The van der Waals surface area contributed by atoms with Gasteiger partial charge in [-0.3, -0.25) is 4.79 Å². The normalized spacial score (nSPS) is 22.7. The molecule has 2 aliphatic rings. The van der Waals surface area contributed by atoms with Crippen LogP contribution in [0.3, 0.4) is 0 Å². The Morgan fingerprint density at radius 1 is 1.14 bits per heavy atom. The van der Waals surface area contributed by atoms with E-state index in [1.165, 1.54) is 19.0 Å². The number of aromatic nitrogens is 2. The van der Waals surface area contributed by atoms with Crippen molar-refractivity contribution in [3.63, 3.8) is 0 Å². The van der Waals surface area contributed by atoms with E-state index in [1.807, 2.05) is 17.0 Å². The quantitative estimate of drug-likeness (QED) is 0.882. The van der Waals surface area contributed by atoms with E-state index >= 15 is 0 Å². The molecule has 2 aromatic rings. The summed E-state index contributed by atoms with van der Waals surface area (Å²) in [6, 6.07) is 7.85. The molecule has 0 radical (unpaired) electrons. The number of nitrogens with zero attached hydrogens (tertiary/aromatic N) is 4. The van der Waals surface area contributed by atoms with E-state index in [0.29, 0.717) is 23.2 Å². The van der Waals surface area contributed by atoms with Crippen molar-refractivity contribution >= 4 is 11.9 Å². The lowest BCUT2D eigenvalue weighted by molar-refractivity contribution is 0.0317. The summed E-state index contributed by atoms with van der Waals surface area (Å²) in [5, 5.41) is 13.3. The highest BCUT2D eigenvalue weighted by Gasteiger charge is 2.35. The summed E-state index contributed by atoms with van der Waals surface area (Å²) in [4.78, 5) is 28.6. The number of carboxylic acid groups (broad SMARTS) is 1. The van der Waals surface area contributed by atoms with Crippen LogP contribution in [0.1, 0.15) is 45.7 Å². The number of carbonyl (C=O) groups excluding carboxylic acids is 1. The van der Waals surface area contributed by atoms with Crippen molar-refractivity contribution < 1.29 is 14.7 Å². The van der Waals surface area contributed by atoms with Crippen molar-refractivity contribution in [1.82, 2.24) is 19.6 Å². The first kappa shape index (κ1) is 18.7. The number of rotatable bonds is 3. The standard InChI is InChI=1S/C21H26N4O3/c1-14-18(21(27)28)12-22-25(14)17-7-5-15(6-8-17)20(26)24-11-9-19-16(13-24)4-3-10-23(19)2/h5-8,12,16,19H,3-4,9-11,13H2,1-2H3,(H,27,28). The molecule has 2 saturated heterocycles. The second-order valence-corrected chi connectivity index (χ2v) is 7.90. The first-order chi connectivity index (χ1) is 13.5. The van der Waals surface area contributed by atoms with Crippen molar-refractivity contribution in [2.45, 2.75) is 32.2 Å². The molecule has 0 bridgehead atoms. The predicted molar refractivity (Wildman–Crippen MR) is 105 cm³/mol. The maximum absolute atomic E-state index is 13.0. The summed E-state index contributed by atoms with van der Waals surface area (Å²) in [6.45, 7) is 4.51. The van der Waals surface area contributed by atoms with Crippen LogP contribution in [0.4, 0.5) is 0 Å². The van der Waals surface area contributed by atoms with Crippen molar-refractivity contribution in [3.8, 4) is 5.69 Å². The molecule has 1 N–H and O–H groups in total. The SMILES string of the molecule is Cc1c(C(=O)O)cnn1-c1ccc(C(=O)N2CCC3C(CCCN3C)C2)cc1. The van der Waals surface area contributed by atoms with E-state index in [2.05, 4.69) is 17.0 Å². The number of hydrogen-bond donors (Lipinski definition) is 1. The number of carbonyl (C=O) groups is 2. The van der Waals surface area contributed by atoms with Gasteiger partial charge in [-0.05, 0) is 70.0 Å². The zero-order valence-corrected chi connectivity index (χ0v) is 16.3. The molecule has 0 aliphatic carbocycles. The Kier molecular flexibility index (Phi) is 4.93. The first-order valence-corrected chi connectivity index (χ1v) is 9.83. The minimum absolute atomic E-state index is 0.0710. The van der Waals surface area contributed by atoms with Gasteiger partial charge in [-0.15, -0.1) is 0 Å². The molecule has 2 atom stereocenters. The fourth-order valence-electron chi connectivity index (χ4n) is 4.64. The average Bonchev–Trinajstić information content (AvgIpc) is 3.09. The lowest BCUT2D eigenvalue weighted by atomic mass is 9.84. The lowest BCUT2D eigenvalue weighted by Crippen LogP contribution is -2.53. The van der Waals surface area contributed by atoms with Crippen LogP contribution in [0.15, 0.2) is 30.5 Å². The molecule has 2 fully saturated rings. The van der Waals surface area contributed by atoms with Gasteiger partial charge in [0, 0.05) is 24.7 Å². The van der Waals surface area contributed by atoms with E-state index in [9.17, 15) is 14.7 Å². The Labute approximate surface area is 164 Å². The molecule has 7 nitrogen and oxygen atoms in total. The van der Waals surface area contributed by atoms with Gasteiger partial charge in [-0.1, -0.05) is 0 Å². The molecule has 1 aromatic carbocycles. The number of likely N-dealkylation sites (tertiary alicyclic amines) is 2. The van der Waals surface area contributed by atoms with E-state index in [-0.39, 0.29) is 11.5 Å². The van der Waals surface area contributed by atoms with E-state index in [0.717, 1.165) is 31.7 Å². The Balaban J connectivity index is 1.48. The molecule has 0 saturated carbocycles. The van der Waals surface area contributed by atoms with Crippen molar-refractivity contribution in [3.05, 3.63) is 47.3 Å². The smallest absolute Gasteiger partial charge is 0.339 e. The number of amides is 1. The Hall–Kier alpha value is -2.67. The minimum Gasteiger partial charge on any atom is -0.478 e. The highest BCUT2D eigenvalue weighted by atomic mass is 16.4. The molecule has 2 unspecified atom stereocenters. The lowest BCUT2D eigenvalue weighted by Gasteiger charge is -2.46. The molecule has 28 heavy (non-hydrogen) atoms. The summed E-state index contributed by atoms with van der Waals surface area (Å²) in [6.07, 6.45) is 4.79. The van der Waals surface area contributed by atoms with Crippen molar-refractivity contribution in [2.24, 2.45) is 5.92 Å². The molecule has 148 valence electrons. The fraction of sp³-hybridized carbons (Fsp3) is 0.476. The molecular formula is C21H26N4O3. The largest absolute Gasteiger partial charge is 0.478 e. The van der Waals surface area contributed by atoms with Gasteiger partial charge in [0.25, 0.3) is 5.91 Å². The number of carboxylic acids is 1. The second kappa shape index (κ2) is 7.39. The topological polar surface area (TPSA) is 78.7 Å². The first-order valence-electron chi connectivity index (χ1n) is 9.83. The van der Waals surface area contributed by atoms with Crippen LogP contribution in [0.25, 0.3) is 5.69 Å². The summed E-state index contributed by atoms with van der Waals surface area (Å²) in [5.74, 6) is -0.356. The number of piperidine rings is 2. The van der Waals surface area contributed by atoms with E-state index < -0.39 is 5.97 Å². The van der Waals surface area contributed by atoms with Gasteiger partial charge in [0.2, 0.25) is 0 Å². The highest BCUT2D eigenvalue weighted by Crippen LogP contribution is 2.30. The van der Waals surface area contributed by atoms with Crippen LogP contribution in [0.2, 0.25) is 0 Å². The average molecular weight is 382 g/mol. The third-order valence-corrected chi connectivity index (χ3v) is 6.23. The summed E-state index contributed by atoms with van der Waals surface area (Å²) >= 11 is 0. The molecule has 1 amide bonds.